The Morgan fingerprint density at radius 3 is 2.62 bits per heavy atom. The predicted octanol–water partition coefficient (Wildman–Crippen LogP) is 0.982. The van der Waals surface area contributed by atoms with Crippen LogP contribution in [0, 0.1) is 5.41 Å². The van der Waals surface area contributed by atoms with Gasteiger partial charge in [-0.1, -0.05) is 20.8 Å². The van der Waals surface area contributed by atoms with Gasteiger partial charge in [0.25, 0.3) is 0 Å². The number of likely N-dealkylation sites (tertiary alicyclic amines) is 1. The van der Waals surface area contributed by atoms with E-state index in [0.717, 1.165) is 19.4 Å². The van der Waals surface area contributed by atoms with Crippen LogP contribution in [0.1, 0.15) is 33.6 Å². The summed E-state index contributed by atoms with van der Waals surface area (Å²) in [5.74, 6) is 0.237. The van der Waals surface area contributed by atoms with Crippen molar-refractivity contribution in [2.75, 3.05) is 13.1 Å². The zero-order chi connectivity index (χ0) is 10.1. The number of amides is 1. The summed E-state index contributed by atoms with van der Waals surface area (Å²) >= 11 is 0. The largest absolute Gasteiger partial charge is 0.338 e. The van der Waals surface area contributed by atoms with Crippen LogP contribution < -0.4 is 5.73 Å². The minimum atomic E-state index is -0.266. The standard InChI is InChI=1S/C10H20N2O/c1-10(2,3)9(13)12-6-4-5-8(12)7-11/h8H,4-7,11H2,1-3H3. The van der Waals surface area contributed by atoms with E-state index in [1.165, 1.54) is 0 Å². The van der Waals surface area contributed by atoms with E-state index in [1.807, 2.05) is 25.7 Å². The molecule has 1 amide bonds. The Kier molecular flexibility index (Phi) is 2.96. The number of nitrogens with two attached hydrogens (primary N) is 1. The fourth-order valence-electron chi connectivity index (χ4n) is 1.78. The van der Waals surface area contributed by atoms with E-state index in [0.29, 0.717) is 6.54 Å². The summed E-state index contributed by atoms with van der Waals surface area (Å²) in [6, 6.07) is 0.284. The smallest absolute Gasteiger partial charge is 0.228 e. The van der Waals surface area contributed by atoms with Crippen molar-refractivity contribution in [3.05, 3.63) is 0 Å². The summed E-state index contributed by atoms with van der Waals surface area (Å²) in [5.41, 5.74) is 5.35. The van der Waals surface area contributed by atoms with Crippen molar-refractivity contribution >= 4 is 5.91 Å². The molecule has 13 heavy (non-hydrogen) atoms. The monoisotopic (exact) mass is 184 g/mol. The highest BCUT2D eigenvalue weighted by atomic mass is 16.2. The summed E-state index contributed by atoms with van der Waals surface area (Å²) in [7, 11) is 0. The number of hydrogen-bond donors (Lipinski definition) is 1. The third-order valence-corrected chi connectivity index (χ3v) is 2.55. The van der Waals surface area contributed by atoms with Crippen molar-refractivity contribution in [3.63, 3.8) is 0 Å². The maximum absolute atomic E-state index is 11.9. The second-order valence-electron chi connectivity index (χ2n) is 4.78. The first kappa shape index (κ1) is 10.5. The average molecular weight is 184 g/mol. The minimum Gasteiger partial charge on any atom is -0.338 e. The van der Waals surface area contributed by atoms with Crippen molar-refractivity contribution in [2.45, 2.75) is 39.7 Å². The molecule has 0 aromatic carbocycles. The van der Waals surface area contributed by atoms with Crippen LogP contribution in [0.4, 0.5) is 0 Å². The Labute approximate surface area is 80.3 Å². The topological polar surface area (TPSA) is 46.3 Å². The van der Waals surface area contributed by atoms with Gasteiger partial charge in [-0.15, -0.1) is 0 Å². The highest BCUT2D eigenvalue weighted by Gasteiger charge is 2.33. The molecule has 1 aliphatic rings. The van der Waals surface area contributed by atoms with Crippen molar-refractivity contribution in [3.8, 4) is 0 Å². The molecular weight excluding hydrogens is 164 g/mol. The summed E-state index contributed by atoms with van der Waals surface area (Å²) in [6.45, 7) is 7.36. The molecule has 0 bridgehead atoms. The quantitative estimate of drug-likeness (QED) is 0.660. The van der Waals surface area contributed by atoms with Gasteiger partial charge in [-0.2, -0.15) is 0 Å². The molecular formula is C10H20N2O. The van der Waals surface area contributed by atoms with E-state index in [9.17, 15) is 4.79 Å². The van der Waals surface area contributed by atoms with E-state index < -0.39 is 0 Å². The molecule has 1 saturated heterocycles. The molecule has 0 aromatic heterocycles. The third kappa shape index (κ3) is 2.21. The van der Waals surface area contributed by atoms with Gasteiger partial charge in [0.2, 0.25) is 5.91 Å². The minimum absolute atomic E-state index is 0.237. The van der Waals surface area contributed by atoms with Gasteiger partial charge < -0.3 is 10.6 Å². The van der Waals surface area contributed by atoms with E-state index in [1.54, 1.807) is 0 Å². The Morgan fingerprint density at radius 1 is 1.54 bits per heavy atom. The van der Waals surface area contributed by atoms with E-state index in [-0.39, 0.29) is 17.4 Å². The molecule has 1 fully saturated rings. The molecule has 0 saturated carbocycles. The molecule has 0 radical (unpaired) electrons. The van der Waals surface area contributed by atoms with E-state index in [2.05, 4.69) is 0 Å². The maximum atomic E-state index is 11.9. The van der Waals surface area contributed by atoms with Gasteiger partial charge in [0, 0.05) is 24.5 Å². The molecule has 1 unspecified atom stereocenters. The second kappa shape index (κ2) is 3.66. The number of carbonyl (C=O) groups excluding carboxylic acids is 1. The molecule has 1 heterocycles. The Hall–Kier alpha value is -0.570. The zero-order valence-corrected chi connectivity index (χ0v) is 8.84. The highest BCUT2D eigenvalue weighted by molar-refractivity contribution is 5.82. The van der Waals surface area contributed by atoms with E-state index >= 15 is 0 Å². The lowest BCUT2D eigenvalue weighted by Crippen LogP contribution is -2.45. The number of carbonyl (C=O) groups is 1. The van der Waals surface area contributed by atoms with Crippen molar-refractivity contribution in [1.29, 1.82) is 0 Å². The third-order valence-electron chi connectivity index (χ3n) is 2.55. The average Bonchev–Trinajstić information content (AvgIpc) is 2.48. The van der Waals surface area contributed by atoms with Crippen LogP contribution >= 0.6 is 0 Å². The number of hydrogen-bond acceptors (Lipinski definition) is 2. The van der Waals surface area contributed by atoms with Crippen LogP contribution in [0.5, 0.6) is 0 Å². The van der Waals surface area contributed by atoms with Gasteiger partial charge in [0.05, 0.1) is 0 Å². The zero-order valence-electron chi connectivity index (χ0n) is 8.84. The fraction of sp³-hybridized carbons (Fsp3) is 0.900. The molecule has 1 aliphatic heterocycles. The maximum Gasteiger partial charge on any atom is 0.228 e. The van der Waals surface area contributed by atoms with Gasteiger partial charge in [0.15, 0.2) is 0 Å². The molecule has 0 spiro atoms. The van der Waals surface area contributed by atoms with Crippen LogP contribution in [0.15, 0.2) is 0 Å². The van der Waals surface area contributed by atoms with Crippen LogP contribution in [0.2, 0.25) is 0 Å². The summed E-state index contributed by atoms with van der Waals surface area (Å²) in [5, 5.41) is 0. The Balaban J connectivity index is 2.66. The highest BCUT2D eigenvalue weighted by Crippen LogP contribution is 2.24. The first-order chi connectivity index (χ1) is 5.96. The molecule has 3 heteroatoms. The normalized spacial score (nSPS) is 23.7. The van der Waals surface area contributed by atoms with Crippen LogP contribution in [-0.4, -0.2) is 29.9 Å². The lowest BCUT2D eigenvalue weighted by Gasteiger charge is -2.30. The summed E-state index contributed by atoms with van der Waals surface area (Å²) < 4.78 is 0. The molecule has 76 valence electrons. The number of rotatable bonds is 1. The fourth-order valence-corrected chi connectivity index (χ4v) is 1.78. The lowest BCUT2D eigenvalue weighted by atomic mass is 9.94. The predicted molar refractivity (Wildman–Crippen MR) is 53.2 cm³/mol. The van der Waals surface area contributed by atoms with Crippen LogP contribution in [0.25, 0.3) is 0 Å². The van der Waals surface area contributed by atoms with Crippen molar-refractivity contribution in [2.24, 2.45) is 11.1 Å². The Morgan fingerprint density at radius 2 is 2.15 bits per heavy atom. The second-order valence-corrected chi connectivity index (χ2v) is 4.78. The molecule has 1 rings (SSSR count). The van der Waals surface area contributed by atoms with E-state index in [4.69, 9.17) is 5.73 Å². The molecule has 2 N–H and O–H groups in total. The van der Waals surface area contributed by atoms with Gasteiger partial charge in [0.1, 0.15) is 0 Å². The SMILES string of the molecule is CC(C)(C)C(=O)N1CCCC1CN. The molecule has 0 aromatic rings. The first-order valence-electron chi connectivity index (χ1n) is 4.98. The number of nitrogens with zero attached hydrogens (tertiary/aromatic N) is 1. The first-order valence-corrected chi connectivity index (χ1v) is 4.98. The van der Waals surface area contributed by atoms with Crippen LogP contribution in [-0.2, 0) is 4.79 Å². The molecule has 1 atom stereocenters. The van der Waals surface area contributed by atoms with Crippen molar-refractivity contribution < 1.29 is 4.79 Å². The summed E-state index contributed by atoms with van der Waals surface area (Å²) in [4.78, 5) is 13.9. The summed E-state index contributed by atoms with van der Waals surface area (Å²) in [6.07, 6.45) is 2.17. The van der Waals surface area contributed by atoms with Gasteiger partial charge in [-0.3, -0.25) is 4.79 Å². The Bertz CT molecular complexity index is 196. The van der Waals surface area contributed by atoms with Crippen LogP contribution in [0.3, 0.4) is 0 Å². The molecule has 0 aliphatic carbocycles. The lowest BCUT2D eigenvalue weighted by molar-refractivity contribution is -0.140. The van der Waals surface area contributed by atoms with Crippen molar-refractivity contribution in [1.82, 2.24) is 4.90 Å². The van der Waals surface area contributed by atoms with Gasteiger partial charge >= 0.3 is 0 Å². The van der Waals surface area contributed by atoms with Gasteiger partial charge in [-0.05, 0) is 12.8 Å². The molecule has 3 nitrogen and oxygen atoms in total. The van der Waals surface area contributed by atoms with Gasteiger partial charge in [-0.25, -0.2) is 0 Å².